The van der Waals surface area contributed by atoms with Crippen molar-refractivity contribution in [1.82, 2.24) is 14.5 Å². The zero-order valence-electron chi connectivity index (χ0n) is 19.8. The van der Waals surface area contributed by atoms with Crippen LogP contribution in [0.5, 0.6) is 0 Å². The SMILES string of the molecule is Cc1ccc(N=[P@@](c2c(C)nn(-c3ccccc3)c2C)(N2CCCC2)C(C)(C)C)cc1. The molecule has 164 valence electrons. The van der Waals surface area contributed by atoms with Crippen molar-refractivity contribution < 1.29 is 0 Å². The van der Waals surface area contributed by atoms with E-state index in [1.165, 1.54) is 29.4 Å². The van der Waals surface area contributed by atoms with Gasteiger partial charge >= 0.3 is 0 Å². The van der Waals surface area contributed by atoms with Gasteiger partial charge in [0.15, 0.2) is 0 Å². The Morgan fingerprint density at radius 2 is 1.48 bits per heavy atom. The third kappa shape index (κ3) is 3.92. The zero-order valence-corrected chi connectivity index (χ0v) is 20.7. The van der Waals surface area contributed by atoms with E-state index in [1.54, 1.807) is 0 Å². The first-order valence-electron chi connectivity index (χ1n) is 11.3. The predicted molar refractivity (Wildman–Crippen MR) is 133 cm³/mol. The van der Waals surface area contributed by atoms with E-state index in [1.807, 2.05) is 0 Å². The van der Waals surface area contributed by atoms with Crippen LogP contribution in [0.2, 0.25) is 0 Å². The topological polar surface area (TPSA) is 33.4 Å². The Hall–Kier alpha value is -2.16. The van der Waals surface area contributed by atoms with Gasteiger partial charge in [-0.2, -0.15) is 5.10 Å². The molecule has 0 bridgehead atoms. The van der Waals surface area contributed by atoms with Gasteiger partial charge in [-0.1, -0.05) is 56.7 Å². The fraction of sp³-hybridized carbons (Fsp3) is 0.423. The molecular formula is C26H35N4P. The molecule has 0 aliphatic carbocycles. The number of para-hydroxylation sites is 1. The highest BCUT2D eigenvalue weighted by molar-refractivity contribution is 7.73. The second kappa shape index (κ2) is 8.41. The minimum absolute atomic E-state index is 0.0116. The molecule has 0 saturated carbocycles. The maximum Gasteiger partial charge on any atom is 0.0756 e. The first-order chi connectivity index (χ1) is 14.7. The van der Waals surface area contributed by atoms with Crippen molar-refractivity contribution in [3.05, 3.63) is 71.5 Å². The number of hydrogen-bond acceptors (Lipinski definition) is 2. The lowest BCUT2D eigenvalue weighted by atomic mass is 10.2. The van der Waals surface area contributed by atoms with E-state index in [0.29, 0.717) is 0 Å². The second-order valence-corrected chi connectivity index (χ2v) is 13.4. The molecule has 4 rings (SSSR count). The summed E-state index contributed by atoms with van der Waals surface area (Å²) in [5.41, 5.74) is 5.77. The van der Waals surface area contributed by atoms with Gasteiger partial charge in [-0.25, -0.2) is 9.43 Å². The molecule has 1 fully saturated rings. The summed E-state index contributed by atoms with van der Waals surface area (Å²) in [4.78, 5) is 0. The molecule has 1 aliphatic rings. The zero-order chi connectivity index (χ0) is 22.2. The Balaban J connectivity index is 2.04. The summed E-state index contributed by atoms with van der Waals surface area (Å²) >= 11 is 0. The Morgan fingerprint density at radius 3 is 2.06 bits per heavy atom. The fourth-order valence-electron chi connectivity index (χ4n) is 4.84. The highest BCUT2D eigenvalue weighted by Gasteiger charge is 2.45. The van der Waals surface area contributed by atoms with Gasteiger partial charge in [-0.15, -0.1) is 0 Å². The van der Waals surface area contributed by atoms with Crippen molar-refractivity contribution in [1.29, 1.82) is 0 Å². The van der Waals surface area contributed by atoms with Crippen molar-refractivity contribution in [3.8, 4) is 5.69 Å². The molecular weight excluding hydrogens is 399 g/mol. The molecule has 4 nitrogen and oxygen atoms in total. The number of nitrogens with zero attached hydrogens (tertiary/aromatic N) is 4. The smallest absolute Gasteiger partial charge is 0.0756 e. The fourth-order valence-corrected chi connectivity index (χ4v) is 9.54. The van der Waals surface area contributed by atoms with Gasteiger partial charge in [0.1, 0.15) is 0 Å². The lowest BCUT2D eigenvalue weighted by Gasteiger charge is -2.44. The van der Waals surface area contributed by atoms with Crippen LogP contribution in [0.25, 0.3) is 5.69 Å². The van der Waals surface area contributed by atoms with Crippen LogP contribution in [-0.2, 0) is 0 Å². The molecule has 31 heavy (non-hydrogen) atoms. The van der Waals surface area contributed by atoms with Crippen molar-refractivity contribution in [2.75, 3.05) is 13.1 Å². The summed E-state index contributed by atoms with van der Waals surface area (Å²) in [6, 6.07) is 19.2. The second-order valence-electron chi connectivity index (χ2n) is 9.64. The molecule has 2 aromatic carbocycles. The van der Waals surface area contributed by atoms with Gasteiger partial charge in [0.05, 0.1) is 35.3 Å². The lowest BCUT2D eigenvalue weighted by molar-refractivity contribution is 0.538. The molecule has 1 aromatic heterocycles. The van der Waals surface area contributed by atoms with E-state index < -0.39 is 7.21 Å². The maximum atomic E-state index is 5.67. The minimum Gasteiger partial charge on any atom is -0.265 e. The first kappa shape index (κ1) is 22.0. The van der Waals surface area contributed by atoms with E-state index in [9.17, 15) is 0 Å². The summed E-state index contributed by atoms with van der Waals surface area (Å²) < 4.78 is 10.5. The van der Waals surface area contributed by atoms with E-state index >= 15 is 0 Å². The molecule has 0 amide bonds. The van der Waals surface area contributed by atoms with Crippen LogP contribution in [0.4, 0.5) is 5.69 Å². The van der Waals surface area contributed by atoms with Crippen molar-refractivity contribution >= 4 is 18.2 Å². The summed E-state index contributed by atoms with van der Waals surface area (Å²) in [6.07, 6.45) is 2.48. The van der Waals surface area contributed by atoms with Crippen LogP contribution < -0.4 is 5.30 Å². The van der Waals surface area contributed by atoms with Gasteiger partial charge in [0.25, 0.3) is 0 Å². The lowest BCUT2D eigenvalue weighted by Crippen LogP contribution is -2.36. The van der Waals surface area contributed by atoms with Gasteiger partial charge in [0.2, 0.25) is 0 Å². The molecule has 0 N–H and O–H groups in total. The molecule has 5 heteroatoms. The highest BCUT2D eigenvalue weighted by atomic mass is 31.2. The van der Waals surface area contributed by atoms with Crippen LogP contribution in [0.15, 0.2) is 59.3 Å². The highest BCUT2D eigenvalue weighted by Crippen LogP contribution is 2.65. The third-order valence-electron chi connectivity index (χ3n) is 6.29. The Bertz CT molecular complexity index is 1100. The standard InChI is InChI=1S/C26H35N4P/c1-20-14-16-23(17-15-20)28-31(26(4,5)6,29-18-10-11-19-29)25-21(2)27-30(22(25)3)24-12-8-7-9-13-24/h7-9,12-17H,10-11,18-19H2,1-6H3/t31-/m0/s1. The summed E-state index contributed by atoms with van der Waals surface area (Å²) in [7, 11) is -2.12. The van der Waals surface area contributed by atoms with Crippen molar-refractivity contribution in [3.63, 3.8) is 0 Å². The maximum absolute atomic E-state index is 5.67. The number of benzene rings is 2. The first-order valence-corrected chi connectivity index (χ1v) is 13.0. The molecule has 1 atom stereocenters. The average Bonchev–Trinajstić information content (AvgIpc) is 3.37. The van der Waals surface area contributed by atoms with E-state index in [-0.39, 0.29) is 5.16 Å². The Kier molecular flexibility index (Phi) is 5.98. The van der Waals surface area contributed by atoms with E-state index in [0.717, 1.165) is 30.2 Å². The van der Waals surface area contributed by atoms with Gasteiger partial charge in [-0.05, 0) is 57.9 Å². The third-order valence-corrected chi connectivity index (χ3v) is 11.2. The van der Waals surface area contributed by atoms with Crippen molar-refractivity contribution in [2.45, 2.75) is 59.5 Å². The minimum atomic E-state index is -2.12. The van der Waals surface area contributed by atoms with Crippen LogP contribution in [0, 0.1) is 20.8 Å². The van der Waals surface area contributed by atoms with Gasteiger partial charge in [-0.3, -0.25) is 4.67 Å². The Labute approximate surface area is 187 Å². The van der Waals surface area contributed by atoms with Crippen LogP contribution in [0.3, 0.4) is 0 Å². The van der Waals surface area contributed by atoms with E-state index in [2.05, 4.69) is 105 Å². The number of aryl methyl sites for hydroxylation is 2. The van der Waals surface area contributed by atoms with Gasteiger partial charge in [0, 0.05) is 18.2 Å². The number of rotatable bonds is 4. The van der Waals surface area contributed by atoms with Gasteiger partial charge < -0.3 is 0 Å². The normalized spacial score (nSPS) is 17.0. The van der Waals surface area contributed by atoms with E-state index in [4.69, 9.17) is 9.84 Å². The monoisotopic (exact) mass is 434 g/mol. The molecule has 0 unspecified atom stereocenters. The quantitative estimate of drug-likeness (QED) is 0.425. The summed E-state index contributed by atoms with van der Waals surface area (Å²) in [5.74, 6) is 0. The molecule has 0 radical (unpaired) electrons. The van der Waals surface area contributed by atoms with Crippen LogP contribution >= 0.6 is 7.21 Å². The largest absolute Gasteiger partial charge is 0.265 e. The molecule has 1 saturated heterocycles. The average molecular weight is 435 g/mol. The molecule has 0 spiro atoms. The van der Waals surface area contributed by atoms with Crippen LogP contribution in [0.1, 0.15) is 50.6 Å². The Morgan fingerprint density at radius 1 is 0.871 bits per heavy atom. The number of aromatic nitrogens is 2. The van der Waals surface area contributed by atoms with Crippen LogP contribution in [-0.4, -0.2) is 32.7 Å². The van der Waals surface area contributed by atoms with Crippen molar-refractivity contribution in [2.24, 2.45) is 4.74 Å². The molecule has 3 aromatic rings. The summed E-state index contributed by atoms with van der Waals surface area (Å²) in [5, 5.41) is 6.39. The summed E-state index contributed by atoms with van der Waals surface area (Å²) in [6.45, 7) is 15.9. The number of hydrogen-bond donors (Lipinski definition) is 0. The molecule has 1 aliphatic heterocycles. The predicted octanol–water partition coefficient (Wildman–Crippen LogP) is 6.77. The molecule has 2 heterocycles.